The summed E-state index contributed by atoms with van der Waals surface area (Å²) in [7, 11) is 0. The first-order valence-corrected chi connectivity index (χ1v) is 4.83. The van der Waals surface area contributed by atoms with Gasteiger partial charge in [0.05, 0.1) is 17.8 Å². The van der Waals surface area contributed by atoms with Crippen LogP contribution in [0.25, 0.3) is 11.5 Å². The molecule has 0 saturated carbocycles. The lowest BCUT2D eigenvalue weighted by Gasteiger charge is -1.98. The van der Waals surface area contributed by atoms with Crippen molar-refractivity contribution in [2.24, 2.45) is 0 Å². The molecule has 0 aliphatic rings. The zero-order chi connectivity index (χ0) is 9.97. The number of H-pyrrole nitrogens is 1. The Labute approximate surface area is 83.1 Å². The van der Waals surface area contributed by atoms with E-state index in [1.54, 1.807) is 10.9 Å². The summed E-state index contributed by atoms with van der Waals surface area (Å²) in [5.74, 6) is 0.391. The molecule has 2 aromatic rings. The minimum atomic E-state index is -0.285. The first-order valence-electron chi connectivity index (χ1n) is 3.89. The van der Waals surface area contributed by atoms with E-state index in [1.807, 2.05) is 0 Å². The molecule has 2 aromatic heterocycles. The Morgan fingerprint density at radius 2 is 2.43 bits per heavy atom. The van der Waals surface area contributed by atoms with E-state index < -0.39 is 0 Å². The molecule has 0 radical (unpaired) electrons. The van der Waals surface area contributed by atoms with Crippen molar-refractivity contribution in [2.45, 2.75) is 6.61 Å². The van der Waals surface area contributed by atoms with Gasteiger partial charge in [-0.2, -0.15) is 0 Å². The zero-order valence-corrected chi connectivity index (χ0v) is 7.91. The van der Waals surface area contributed by atoms with Crippen LogP contribution in [-0.2, 0) is 6.61 Å². The van der Waals surface area contributed by atoms with Gasteiger partial charge in [-0.15, -0.1) is 11.3 Å². The normalized spacial score (nSPS) is 10.4. The fraction of sp³-hybridized carbons (Fsp3) is 0.125. The SMILES string of the molecule is O=c1cc(CO)nc(-c2cscn2)[nH]1. The van der Waals surface area contributed by atoms with Crippen molar-refractivity contribution >= 4 is 11.3 Å². The van der Waals surface area contributed by atoms with Crippen LogP contribution in [0.15, 0.2) is 21.8 Å². The quantitative estimate of drug-likeness (QED) is 0.749. The van der Waals surface area contributed by atoms with E-state index in [0.717, 1.165) is 0 Å². The lowest BCUT2D eigenvalue weighted by Crippen LogP contribution is -2.10. The standard InChI is InChI=1S/C8H7N3O2S/c12-2-5-1-7(13)11-8(10-5)6-3-14-4-9-6/h1,3-4,12H,2H2,(H,10,11,13). The van der Waals surface area contributed by atoms with Gasteiger partial charge in [0.1, 0.15) is 5.69 Å². The van der Waals surface area contributed by atoms with Gasteiger partial charge in [0.25, 0.3) is 5.56 Å². The molecule has 0 bridgehead atoms. The van der Waals surface area contributed by atoms with E-state index in [4.69, 9.17) is 5.11 Å². The summed E-state index contributed by atoms with van der Waals surface area (Å²) in [6.07, 6.45) is 0. The van der Waals surface area contributed by atoms with Crippen molar-refractivity contribution in [1.29, 1.82) is 0 Å². The number of nitrogens with zero attached hydrogens (tertiary/aromatic N) is 2. The van der Waals surface area contributed by atoms with E-state index in [0.29, 0.717) is 17.2 Å². The molecule has 6 heteroatoms. The van der Waals surface area contributed by atoms with E-state index >= 15 is 0 Å². The Kier molecular flexibility index (Phi) is 2.38. The second-order valence-electron chi connectivity index (χ2n) is 2.62. The van der Waals surface area contributed by atoms with Crippen LogP contribution < -0.4 is 5.56 Å². The lowest BCUT2D eigenvalue weighted by molar-refractivity contribution is 0.276. The van der Waals surface area contributed by atoms with Crippen LogP contribution in [0.1, 0.15) is 5.69 Å². The molecule has 72 valence electrons. The van der Waals surface area contributed by atoms with E-state index in [1.165, 1.54) is 17.4 Å². The summed E-state index contributed by atoms with van der Waals surface area (Å²) in [5.41, 5.74) is 2.33. The van der Waals surface area contributed by atoms with Gasteiger partial charge < -0.3 is 10.1 Å². The van der Waals surface area contributed by atoms with E-state index in [2.05, 4.69) is 15.0 Å². The second kappa shape index (κ2) is 3.69. The first-order chi connectivity index (χ1) is 6.79. The van der Waals surface area contributed by atoms with Crippen LogP contribution in [0.4, 0.5) is 0 Å². The molecule has 0 aliphatic carbocycles. The molecule has 2 rings (SSSR count). The maximum absolute atomic E-state index is 11.1. The smallest absolute Gasteiger partial charge is 0.251 e. The van der Waals surface area contributed by atoms with Crippen molar-refractivity contribution < 1.29 is 5.11 Å². The number of aliphatic hydroxyl groups is 1. The molecular weight excluding hydrogens is 202 g/mol. The van der Waals surface area contributed by atoms with Gasteiger partial charge in [-0.05, 0) is 0 Å². The van der Waals surface area contributed by atoms with Gasteiger partial charge in [-0.25, -0.2) is 9.97 Å². The molecule has 0 spiro atoms. The number of aromatic nitrogens is 3. The van der Waals surface area contributed by atoms with Crippen LogP contribution >= 0.6 is 11.3 Å². The van der Waals surface area contributed by atoms with Crippen molar-refractivity contribution in [3.63, 3.8) is 0 Å². The minimum Gasteiger partial charge on any atom is -0.390 e. The molecule has 0 fully saturated rings. The van der Waals surface area contributed by atoms with Crippen molar-refractivity contribution in [3.05, 3.63) is 33.0 Å². The number of thiazole rings is 1. The fourth-order valence-electron chi connectivity index (χ4n) is 1.04. The maximum Gasteiger partial charge on any atom is 0.251 e. The molecule has 0 atom stereocenters. The van der Waals surface area contributed by atoms with Gasteiger partial charge in [-0.3, -0.25) is 4.79 Å². The Balaban J connectivity index is 2.54. The zero-order valence-electron chi connectivity index (χ0n) is 7.10. The number of aliphatic hydroxyl groups excluding tert-OH is 1. The third-order valence-corrected chi connectivity index (χ3v) is 2.22. The minimum absolute atomic E-state index is 0.249. The van der Waals surface area contributed by atoms with Crippen LogP contribution in [-0.4, -0.2) is 20.1 Å². The third kappa shape index (κ3) is 1.70. The lowest BCUT2D eigenvalue weighted by atomic mass is 10.4. The van der Waals surface area contributed by atoms with Crippen LogP contribution in [0, 0.1) is 0 Å². The Hall–Kier alpha value is -1.53. The molecule has 0 aliphatic heterocycles. The predicted molar refractivity (Wildman–Crippen MR) is 51.9 cm³/mol. The van der Waals surface area contributed by atoms with Crippen LogP contribution in [0.5, 0.6) is 0 Å². The second-order valence-corrected chi connectivity index (χ2v) is 3.34. The molecule has 2 heterocycles. The first kappa shape index (κ1) is 9.04. The summed E-state index contributed by atoms with van der Waals surface area (Å²) in [6.45, 7) is -0.249. The van der Waals surface area contributed by atoms with Crippen LogP contribution in [0.2, 0.25) is 0 Å². The third-order valence-electron chi connectivity index (χ3n) is 1.63. The molecule has 2 N–H and O–H groups in total. The number of hydrogen-bond acceptors (Lipinski definition) is 5. The summed E-state index contributed by atoms with van der Waals surface area (Å²) in [6, 6.07) is 1.26. The van der Waals surface area contributed by atoms with Gasteiger partial charge >= 0.3 is 0 Å². The number of aromatic amines is 1. The largest absolute Gasteiger partial charge is 0.390 e. The topological polar surface area (TPSA) is 78.9 Å². The molecular formula is C8H7N3O2S. The highest BCUT2D eigenvalue weighted by Gasteiger charge is 2.04. The highest BCUT2D eigenvalue weighted by molar-refractivity contribution is 7.07. The van der Waals surface area contributed by atoms with Gasteiger partial charge in [0.2, 0.25) is 0 Å². The van der Waals surface area contributed by atoms with Crippen molar-refractivity contribution in [3.8, 4) is 11.5 Å². The Morgan fingerprint density at radius 1 is 1.57 bits per heavy atom. The summed E-state index contributed by atoms with van der Waals surface area (Å²) in [5, 5.41) is 10.6. The van der Waals surface area contributed by atoms with Crippen molar-refractivity contribution in [2.75, 3.05) is 0 Å². The fourth-order valence-corrected chi connectivity index (χ4v) is 1.58. The summed E-state index contributed by atoms with van der Waals surface area (Å²) >= 11 is 1.42. The maximum atomic E-state index is 11.1. The molecule has 0 amide bonds. The molecule has 0 aromatic carbocycles. The monoisotopic (exact) mass is 209 g/mol. The molecule has 14 heavy (non-hydrogen) atoms. The highest BCUT2D eigenvalue weighted by atomic mass is 32.1. The highest BCUT2D eigenvalue weighted by Crippen LogP contribution is 2.12. The van der Waals surface area contributed by atoms with Gasteiger partial charge in [-0.1, -0.05) is 0 Å². The average molecular weight is 209 g/mol. The number of rotatable bonds is 2. The average Bonchev–Trinajstić information content (AvgIpc) is 2.69. The molecule has 5 nitrogen and oxygen atoms in total. The molecule has 0 saturated heterocycles. The van der Waals surface area contributed by atoms with Crippen molar-refractivity contribution in [1.82, 2.24) is 15.0 Å². The van der Waals surface area contributed by atoms with Gasteiger partial charge in [0, 0.05) is 11.4 Å². The summed E-state index contributed by atoms with van der Waals surface area (Å²) in [4.78, 5) is 21.7. The Bertz CT molecular complexity index is 478. The number of nitrogens with one attached hydrogen (secondary N) is 1. The predicted octanol–water partition coefficient (Wildman–Crippen LogP) is 0.386. The van der Waals surface area contributed by atoms with E-state index in [9.17, 15) is 4.79 Å². The van der Waals surface area contributed by atoms with E-state index in [-0.39, 0.29) is 12.2 Å². The Morgan fingerprint density at radius 3 is 3.07 bits per heavy atom. The summed E-state index contributed by atoms with van der Waals surface area (Å²) < 4.78 is 0. The van der Waals surface area contributed by atoms with Crippen LogP contribution in [0.3, 0.4) is 0 Å². The van der Waals surface area contributed by atoms with Gasteiger partial charge in [0.15, 0.2) is 5.82 Å². The number of hydrogen-bond donors (Lipinski definition) is 2. The molecule has 0 unspecified atom stereocenters.